The molecule has 1 aromatic carbocycles. The van der Waals surface area contributed by atoms with Crippen LogP contribution in [0.15, 0.2) is 30.3 Å². The van der Waals surface area contributed by atoms with Gasteiger partial charge < -0.3 is 15.1 Å². The van der Waals surface area contributed by atoms with Gasteiger partial charge in [-0.3, -0.25) is 14.4 Å². The Morgan fingerprint density at radius 2 is 1.80 bits per heavy atom. The molecule has 3 fully saturated rings. The first kappa shape index (κ1) is 16.1. The Hall–Kier alpha value is -2.37. The lowest BCUT2D eigenvalue weighted by Crippen LogP contribution is -2.67. The third-order valence-electron chi connectivity index (χ3n) is 5.90. The van der Waals surface area contributed by atoms with Crippen LogP contribution in [-0.4, -0.2) is 59.7 Å². The van der Waals surface area contributed by atoms with Gasteiger partial charge >= 0.3 is 0 Å². The van der Waals surface area contributed by atoms with Gasteiger partial charge in [0.2, 0.25) is 17.7 Å². The Morgan fingerprint density at radius 3 is 2.52 bits per heavy atom. The number of carbonyl (C=O) groups excluding carboxylic acids is 3. The minimum absolute atomic E-state index is 0.0599. The van der Waals surface area contributed by atoms with Crippen molar-refractivity contribution in [2.45, 2.75) is 37.1 Å². The van der Waals surface area contributed by atoms with Crippen molar-refractivity contribution < 1.29 is 14.4 Å². The van der Waals surface area contributed by atoms with Crippen LogP contribution in [0.25, 0.3) is 0 Å². The summed E-state index contributed by atoms with van der Waals surface area (Å²) in [4.78, 5) is 41.1. The molecule has 2 aliphatic heterocycles. The Morgan fingerprint density at radius 1 is 1.08 bits per heavy atom. The van der Waals surface area contributed by atoms with E-state index in [1.165, 1.54) is 0 Å². The molecule has 2 heterocycles. The van der Waals surface area contributed by atoms with Gasteiger partial charge in [-0.25, -0.2) is 0 Å². The molecule has 1 saturated carbocycles. The number of hydrogen-bond acceptors (Lipinski definition) is 3. The fourth-order valence-corrected chi connectivity index (χ4v) is 4.54. The summed E-state index contributed by atoms with van der Waals surface area (Å²) in [6.07, 6.45) is 3.80. The summed E-state index contributed by atoms with van der Waals surface area (Å²) in [5.41, 5.74) is 0.600. The highest BCUT2D eigenvalue weighted by Crippen LogP contribution is 2.43. The third kappa shape index (κ3) is 2.60. The maximum absolute atomic E-state index is 13.5. The molecular formula is C19H23N3O3. The van der Waals surface area contributed by atoms with Crippen LogP contribution >= 0.6 is 0 Å². The first-order chi connectivity index (χ1) is 12.1. The Balaban J connectivity index is 1.60. The first-order valence-corrected chi connectivity index (χ1v) is 9.04. The second-order valence-corrected chi connectivity index (χ2v) is 7.23. The third-order valence-corrected chi connectivity index (χ3v) is 5.90. The van der Waals surface area contributed by atoms with Gasteiger partial charge in [-0.1, -0.05) is 43.2 Å². The molecule has 132 valence electrons. The number of carbonyl (C=O) groups is 3. The second kappa shape index (κ2) is 6.17. The minimum Gasteiger partial charge on any atom is -0.345 e. The van der Waals surface area contributed by atoms with Crippen molar-refractivity contribution in [3.8, 4) is 0 Å². The Bertz CT molecular complexity index is 697. The molecule has 1 atom stereocenters. The molecule has 3 amide bonds. The number of fused-ring (bicyclic) bond motifs is 1. The molecule has 0 aromatic heterocycles. The minimum atomic E-state index is -0.548. The van der Waals surface area contributed by atoms with E-state index in [1.54, 1.807) is 9.80 Å². The van der Waals surface area contributed by atoms with Crippen molar-refractivity contribution in [2.24, 2.45) is 0 Å². The SMILES string of the molecule is O=C1NCC(=O)N2CCN(C(=O)C3(c4ccccc4)CCCC3)CC12. The highest BCUT2D eigenvalue weighted by Gasteiger charge is 2.48. The van der Waals surface area contributed by atoms with Crippen molar-refractivity contribution in [3.63, 3.8) is 0 Å². The Kier molecular flexibility index (Phi) is 3.98. The van der Waals surface area contributed by atoms with Gasteiger partial charge in [-0.15, -0.1) is 0 Å². The standard InChI is InChI=1S/C19H23N3O3/c23-16-12-20-17(24)15-13-21(10-11-22(15)16)18(25)19(8-4-5-9-19)14-6-2-1-3-7-14/h1-3,6-7,15H,4-5,8-13H2,(H,20,24). The van der Waals surface area contributed by atoms with E-state index < -0.39 is 11.5 Å². The molecule has 4 rings (SSSR count). The quantitative estimate of drug-likeness (QED) is 0.859. The molecule has 1 unspecified atom stereocenters. The highest BCUT2D eigenvalue weighted by atomic mass is 16.2. The normalized spacial score (nSPS) is 25.5. The molecule has 6 heteroatoms. The van der Waals surface area contributed by atoms with Crippen molar-refractivity contribution in [1.29, 1.82) is 0 Å². The topological polar surface area (TPSA) is 69.7 Å². The van der Waals surface area contributed by atoms with Gasteiger partial charge in [0.15, 0.2) is 0 Å². The highest BCUT2D eigenvalue weighted by molar-refractivity contribution is 5.96. The average Bonchev–Trinajstić information content (AvgIpc) is 3.16. The zero-order valence-corrected chi connectivity index (χ0v) is 14.2. The summed E-state index contributed by atoms with van der Waals surface area (Å²) in [6, 6.07) is 9.45. The fourth-order valence-electron chi connectivity index (χ4n) is 4.54. The van der Waals surface area contributed by atoms with Crippen LogP contribution in [0.3, 0.4) is 0 Å². The van der Waals surface area contributed by atoms with Crippen LogP contribution in [0.1, 0.15) is 31.2 Å². The van der Waals surface area contributed by atoms with E-state index in [2.05, 4.69) is 5.32 Å². The molecule has 0 bridgehead atoms. The molecule has 0 radical (unpaired) electrons. The van der Waals surface area contributed by atoms with E-state index in [-0.39, 0.29) is 24.3 Å². The predicted molar refractivity (Wildman–Crippen MR) is 91.7 cm³/mol. The lowest BCUT2D eigenvalue weighted by molar-refractivity contribution is -0.154. The van der Waals surface area contributed by atoms with Crippen molar-refractivity contribution in [3.05, 3.63) is 35.9 Å². The van der Waals surface area contributed by atoms with Crippen LogP contribution in [-0.2, 0) is 19.8 Å². The molecule has 1 aliphatic carbocycles. The van der Waals surface area contributed by atoms with Gasteiger partial charge in [0, 0.05) is 13.1 Å². The van der Waals surface area contributed by atoms with Gasteiger partial charge in [-0.05, 0) is 18.4 Å². The number of amides is 3. The number of hydrogen-bond donors (Lipinski definition) is 1. The fraction of sp³-hybridized carbons (Fsp3) is 0.526. The number of rotatable bonds is 2. The smallest absolute Gasteiger partial charge is 0.245 e. The summed E-state index contributed by atoms with van der Waals surface area (Å²) in [7, 11) is 0. The molecule has 0 spiro atoms. The Labute approximate surface area is 147 Å². The average molecular weight is 341 g/mol. The summed E-state index contributed by atoms with van der Waals surface area (Å²) in [6.45, 7) is 1.30. The summed E-state index contributed by atoms with van der Waals surface area (Å²) in [5.74, 6) is -0.103. The predicted octanol–water partition coefficient (Wildman–Crippen LogP) is 0.668. The molecule has 3 aliphatic rings. The van der Waals surface area contributed by atoms with Gasteiger partial charge in [-0.2, -0.15) is 0 Å². The van der Waals surface area contributed by atoms with Crippen LogP contribution in [0.5, 0.6) is 0 Å². The molecule has 2 saturated heterocycles. The van der Waals surface area contributed by atoms with E-state index in [0.29, 0.717) is 19.6 Å². The van der Waals surface area contributed by atoms with E-state index in [0.717, 1.165) is 31.2 Å². The largest absolute Gasteiger partial charge is 0.345 e. The zero-order chi connectivity index (χ0) is 17.4. The van der Waals surface area contributed by atoms with Crippen LogP contribution < -0.4 is 5.32 Å². The van der Waals surface area contributed by atoms with Gasteiger partial charge in [0.25, 0.3) is 0 Å². The molecule has 1 aromatic rings. The van der Waals surface area contributed by atoms with Crippen LogP contribution in [0.2, 0.25) is 0 Å². The molecular weight excluding hydrogens is 318 g/mol. The summed E-state index contributed by atoms with van der Waals surface area (Å²) < 4.78 is 0. The molecule has 6 nitrogen and oxygen atoms in total. The van der Waals surface area contributed by atoms with E-state index >= 15 is 0 Å². The number of nitrogens with zero attached hydrogens (tertiary/aromatic N) is 2. The number of benzene rings is 1. The van der Waals surface area contributed by atoms with Crippen LogP contribution in [0, 0.1) is 0 Å². The number of nitrogens with one attached hydrogen (secondary N) is 1. The molecule has 25 heavy (non-hydrogen) atoms. The van der Waals surface area contributed by atoms with Gasteiger partial charge in [0.1, 0.15) is 6.04 Å². The number of piperazine rings is 2. The first-order valence-electron chi connectivity index (χ1n) is 9.04. The van der Waals surface area contributed by atoms with Crippen molar-refractivity contribution >= 4 is 17.7 Å². The lowest BCUT2D eigenvalue weighted by atomic mass is 9.77. The maximum atomic E-state index is 13.5. The van der Waals surface area contributed by atoms with Crippen molar-refractivity contribution in [1.82, 2.24) is 15.1 Å². The second-order valence-electron chi connectivity index (χ2n) is 7.23. The van der Waals surface area contributed by atoms with Crippen LogP contribution in [0.4, 0.5) is 0 Å². The monoisotopic (exact) mass is 341 g/mol. The van der Waals surface area contributed by atoms with E-state index in [4.69, 9.17) is 0 Å². The molecule has 1 N–H and O–H groups in total. The lowest BCUT2D eigenvalue weighted by Gasteiger charge is -2.45. The zero-order valence-electron chi connectivity index (χ0n) is 14.2. The van der Waals surface area contributed by atoms with E-state index in [9.17, 15) is 14.4 Å². The maximum Gasteiger partial charge on any atom is 0.245 e. The van der Waals surface area contributed by atoms with Crippen molar-refractivity contribution in [2.75, 3.05) is 26.2 Å². The summed E-state index contributed by atoms with van der Waals surface area (Å²) in [5, 5.41) is 2.63. The van der Waals surface area contributed by atoms with E-state index in [1.807, 2.05) is 30.3 Å². The van der Waals surface area contributed by atoms with Gasteiger partial charge in [0.05, 0.1) is 18.5 Å². The summed E-state index contributed by atoms with van der Waals surface area (Å²) >= 11 is 0.